The van der Waals surface area contributed by atoms with Crippen LogP contribution in [0.1, 0.15) is 29.8 Å². The van der Waals surface area contributed by atoms with Crippen LogP contribution < -0.4 is 20.7 Å². The Morgan fingerprint density at radius 3 is 2.45 bits per heavy atom. The first-order valence-corrected chi connectivity index (χ1v) is 16.5. The lowest BCUT2D eigenvalue weighted by atomic mass is 10.1. The van der Waals surface area contributed by atoms with Gasteiger partial charge in [-0.1, -0.05) is 42.5 Å². The van der Waals surface area contributed by atoms with Gasteiger partial charge in [-0.2, -0.15) is 0 Å². The molecule has 1 aromatic heterocycles. The number of para-hydroxylation sites is 1. The third kappa shape index (κ3) is 9.15. The van der Waals surface area contributed by atoms with Crippen molar-refractivity contribution in [3.63, 3.8) is 0 Å². The molecule has 0 aliphatic carbocycles. The molecule has 1 atom stereocenters. The van der Waals surface area contributed by atoms with Gasteiger partial charge in [-0.05, 0) is 80.6 Å². The maximum absolute atomic E-state index is 13.6. The zero-order valence-electron chi connectivity index (χ0n) is 25.5. The maximum atomic E-state index is 13.6. The zero-order valence-corrected chi connectivity index (χ0v) is 27.2. The van der Waals surface area contributed by atoms with E-state index in [-0.39, 0.29) is 17.4 Å². The third-order valence-electron chi connectivity index (χ3n) is 6.70. The van der Waals surface area contributed by atoms with Gasteiger partial charge >= 0.3 is 0 Å². The molecular formula is C36H31FN4O4S2. The summed E-state index contributed by atoms with van der Waals surface area (Å²) in [6, 6.07) is 29.0. The molecule has 0 saturated carbocycles. The first-order chi connectivity index (χ1) is 22.8. The fraction of sp³-hybridized carbons (Fsp3) is 0.111. The maximum Gasteiger partial charge on any atom is 0.272 e. The normalized spacial score (nSPS) is 11.8. The van der Waals surface area contributed by atoms with Gasteiger partial charge in [0.2, 0.25) is 5.91 Å². The number of nitrogens with one attached hydrogen (secondary N) is 3. The molecule has 0 radical (unpaired) electrons. The Labute approximate surface area is 280 Å². The predicted octanol–water partition coefficient (Wildman–Crippen LogP) is 7.88. The highest BCUT2D eigenvalue weighted by Crippen LogP contribution is 2.29. The number of benzene rings is 4. The van der Waals surface area contributed by atoms with Crippen LogP contribution in [-0.4, -0.2) is 34.6 Å². The minimum Gasteiger partial charge on any atom is -0.493 e. The number of rotatable bonds is 12. The lowest BCUT2D eigenvalue weighted by molar-refractivity contribution is -0.115. The molecular weight excluding hydrogens is 636 g/mol. The Morgan fingerprint density at radius 2 is 1.68 bits per heavy atom. The fourth-order valence-electron chi connectivity index (χ4n) is 4.38. The standard InChI is InChI=1S/C36H31FN4O4S2/c1-3-45-32-15-8-7-12-26(32)20-30(39-34(43)25-10-5-4-6-11-25)35(44)38-28-13-9-14-29(21-28)47-23(2)33(42)41-36-40-31(22-46-36)24-16-18-27(37)19-17-24/h4-23H,3H2,1-2H3,(H,38,44)(H,39,43)(H,40,41,42)/b30-20+. The number of anilines is 2. The molecule has 0 bridgehead atoms. The summed E-state index contributed by atoms with van der Waals surface area (Å²) in [4.78, 5) is 44.8. The smallest absolute Gasteiger partial charge is 0.272 e. The summed E-state index contributed by atoms with van der Waals surface area (Å²) in [5, 5.41) is 10.2. The largest absolute Gasteiger partial charge is 0.493 e. The second-order valence-electron chi connectivity index (χ2n) is 10.1. The van der Waals surface area contributed by atoms with Crippen LogP contribution in [0, 0.1) is 5.82 Å². The number of hydrogen-bond acceptors (Lipinski definition) is 7. The van der Waals surface area contributed by atoms with E-state index in [1.54, 1.807) is 91.2 Å². The van der Waals surface area contributed by atoms with E-state index in [9.17, 15) is 18.8 Å². The summed E-state index contributed by atoms with van der Waals surface area (Å²) in [5.41, 5.74) is 2.93. The van der Waals surface area contributed by atoms with Crippen LogP contribution in [0.3, 0.4) is 0 Å². The molecule has 0 aliphatic heterocycles. The number of thiazole rings is 1. The number of ether oxygens (including phenoxy) is 1. The molecule has 1 unspecified atom stereocenters. The Balaban J connectivity index is 1.27. The van der Waals surface area contributed by atoms with Gasteiger partial charge in [0.1, 0.15) is 17.3 Å². The van der Waals surface area contributed by atoms with Crippen LogP contribution in [0.4, 0.5) is 15.2 Å². The summed E-state index contributed by atoms with van der Waals surface area (Å²) >= 11 is 2.60. The van der Waals surface area contributed by atoms with Gasteiger partial charge in [-0.3, -0.25) is 14.4 Å². The number of carbonyl (C=O) groups is 3. The molecule has 8 nitrogen and oxygen atoms in total. The Morgan fingerprint density at radius 1 is 0.936 bits per heavy atom. The molecule has 0 saturated heterocycles. The lowest BCUT2D eigenvalue weighted by Gasteiger charge is -2.14. The van der Waals surface area contributed by atoms with Crippen LogP contribution in [0.5, 0.6) is 5.75 Å². The van der Waals surface area contributed by atoms with Gasteiger partial charge in [0.15, 0.2) is 5.13 Å². The number of carbonyl (C=O) groups excluding carboxylic acids is 3. The number of nitrogens with zero attached hydrogens (tertiary/aromatic N) is 1. The molecule has 3 amide bonds. The van der Waals surface area contributed by atoms with E-state index >= 15 is 0 Å². The van der Waals surface area contributed by atoms with Crippen molar-refractivity contribution in [2.45, 2.75) is 24.0 Å². The van der Waals surface area contributed by atoms with Crippen molar-refractivity contribution in [1.29, 1.82) is 0 Å². The van der Waals surface area contributed by atoms with Gasteiger partial charge in [0.25, 0.3) is 11.8 Å². The first kappa shape index (κ1) is 33.1. The van der Waals surface area contributed by atoms with Crippen LogP contribution in [0.25, 0.3) is 17.3 Å². The molecule has 5 aromatic rings. The monoisotopic (exact) mass is 666 g/mol. The predicted molar refractivity (Wildman–Crippen MR) is 186 cm³/mol. The molecule has 0 aliphatic rings. The van der Waals surface area contributed by atoms with Crippen molar-refractivity contribution in [3.05, 3.63) is 131 Å². The van der Waals surface area contributed by atoms with Crippen molar-refractivity contribution in [1.82, 2.24) is 10.3 Å². The van der Waals surface area contributed by atoms with Crippen molar-refractivity contribution in [2.24, 2.45) is 0 Å². The van der Waals surface area contributed by atoms with E-state index in [1.165, 1.54) is 35.2 Å². The minimum atomic E-state index is -0.533. The number of thioether (sulfide) groups is 1. The summed E-state index contributed by atoms with van der Waals surface area (Å²) in [6.45, 7) is 4.08. The van der Waals surface area contributed by atoms with E-state index in [4.69, 9.17) is 4.74 Å². The van der Waals surface area contributed by atoms with Gasteiger partial charge in [0, 0.05) is 32.7 Å². The Kier molecular flexibility index (Phi) is 11.2. The molecule has 11 heteroatoms. The number of aromatic nitrogens is 1. The molecule has 3 N–H and O–H groups in total. The quantitative estimate of drug-likeness (QED) is 0.0924. The number of hydrogen-bond donors (Lipinski definition) is 3. The van der Waals surface area contributed by atoms with Crippen molar-refractivity contribution in [3.8, 4) is 17.0 Å². The highest BCUT2D eigenvalue weighted by molar-refractivity contribution is 8.00. The average molecular weight is 667 g/mol. The lowest BCUT2D eigenvalue weighted by Crippen LogP contribution is -2.30. The van der Waals surface area contributed by atoms with E-state index in [1.807, 2.05) is 25.1 Å². The summed E-state index contributed by atoms with van der Waals surface area (Å²) in [7, 11) is 0. The highest BCUT2D eigenvalue weighted by Gasteiger charge is 2.19. The molecule has 47 heavy (non-hydrogen) atoms. The van der Waals surface area contributed by atoms with E-state index in [2.05, 4.69) is 20.9 Å². The van der Waals surface area contributed by atoms with Crippen LogP contribution in [-0.2, 0) is 9.59 Å². The van der Waals surface area contributed by atoms with Gasteiger partial charge in [-0.15, -0.1) is 23.1 Å². The van der Waals surface area contributed by atoms with Crippen LogP contribution >= 0.6 is 23.1 Å². The van der Waals surface area contributed by atoms with E-state index in [0.717, 1.165) is 10.5 Å². The second kappa shape index (κ2) is 15.8. The van der Waals surface area contributed by atoms with Gasteiger partial charge in [0.05, 0.1) is 17.6 Å². The average Bonchev–Trinajstić information content (AvgIpc) is 3.54. The second-order valence-corrected chi connectivity index (χ2v) is 12.4. The Bertz CT molecular complexity index is 1890. The van der Waals surface area contributed by atoms with Crippen LogP contribution in [0.2, 0.25) is 0 Å². The summed E-state index contributed by atoms with van der Waals surface area (Å²) < 4.78 is 19.0. The fourth-order valence-corrected chi connectivity index (χ4v) is 6.03. The van der Waals surface area contributed by atoms with E-state index < -0.39 is 17.1 Å². The van der Waals surface area contributed by atoms with Gasteiger partial charge < -0.3 is 20.7 Å². The number of halogens is 1. The van der Waals surface area contributed by atoms with E-state index in [0.29, 0.717) is 40.0 Å². The van der Waals surface area contributed by atoms with Crippen LogP contribution in [0.15, 0.2) is 119 Å². The topological polar surface area (TPSA) is 109 Å². The highest BCUT2D eigenvalue weighted by atomic mass is 32.2. The molecule has 1 heterocycles. The third-order valence-corrected chi connectivity index (χ3v) is 8.55. The molecule has 238 valence electrons. The summed E-state index contributed by atoms with van der Waals surface area (Å²) in [5.74, 6) is -0.970. The van der Waals surface area contributed by atoms with Crippen molar-refractivity contribution in [2.75, 3.05) is 17.2 Å². The molecule has 5 rings (SSSR count). The molecule has 0 fully saturated rings. The van der Waals surface area contributed by atoms with Gasteiger partial charge in [-0.25, -0.2) is 9.37 Å². The first-order valence-electron chi connectivity index (χ1n) is 14.7. The van der Waals surface area contributed by atoms with Crippen molar-refractivity contribution >= 4 is 57.7 Å². The Hall–Kier alpha value is -5.26. The molecule has 0 spiro atoms. The zero-order chi connectivity index (χ0) is 33.2. The minimum absolute atomic E-state index is 0.0280. The molecule has 4 aromatic carbocycles. The SMILES string of the molecule is CCOc1ccccc1/C=C(/NC(=O)c1ccccc1)C(=O)Nc1cccc(SC(C)C(=O)Nc2nc(-c3ccc(F)cc3)cs2)c1. The summed E-state index contributed by atoms with van der Waals surface area (Å²) in [6.07, 6.45) is 1.58. The number of amides is 3. The van der Waals surface area contributed by atoms with Crippen molar-refractivity contribution < 1.29 is 23.5 Å².